The molecule has 3 rings (SSSR count). The molecule has 0 aliphatic rings. The predicted octanol–water partition coefficient (Wildman–Crippen LogP) is 4.42. The highest BCUT2D eigenvalue weighted by atomic mass is 35.5. The summed E-state index contributed by atoms with van der Waals surface area (Å²) >= 11 is 0. The van der Waals surface area contributed by atoms with Crippen molar-refractivity contribution in [1.82, 2.24) is 4.98 Å². The van der Waals surface area contributed by atoms with Crippen molar-refractivity contribution in [3.63, 3.8) is 0 Å². The Balaban J connectivity index is 0.00000363. The van der Waals surface area contributed by atoms with Gasteiger partial charge in [-0.05, 0) is 53.6 Å². The van der Waals surface area contributed by atoms with Crippen LogP contribution in [0.15, 0.2) is 73.2 Å². The van der Waals surface area contributed by atoms with E-state index in [9.17, 15) is 0 Å². The number of pyridine rings is 2. The van der Waals surface area contributed by atoms with Crippen LogP contribution < -0.4 is 17.0 Å². The summed E-state index contributed by atoms with van der Waals surface area (Å²) in [5, 5.41) is 0. The van der Waals surface area contributed by atoms with Crippen LogP contribution in [0.4, 0.5) is 0 Å². The fourth-order valence-electron chi connectivity index (χ4n) is 4.33. The quantitative estimate of drug-likeness (QED) is 0.262. The second kappa shape index (κ2) is 15.6. The highest BCUT2D eigenvalue weighted by Crippen LogP contribution is 2.20. The topological polar surface area (TPSA) is 16.8 Å². The summed E-state index contributed by atoms with van der Waals surface area (Å²) in [6, 6.07) is 19.2. The van der Waals surface area contributed by atoms with Crippen molar-refractivity contribution in [2.45, 2.75) is 84.0 Å². The van der Waals surface area contributed by atoms with Crippen LogP contribution in [0.25, 0.3) is 5.82 Å². The summed E-state index contributed by atoms with van der Waals surface area (Å²) in [6.45, 7) is 2.29. The Morgan fingerprint density at radius 3 is 1.94 bits per heavy atom. The van der Waals surface area contributed by atoms with Gasteiger partial charge in [-0.2, -0.15) is 0 Å². The minimum absolute atomic E-state index is 0. The maximum atomic E-state index is 4.78. The summed E-state index contributed by atoms with van der Waals surface area (Å²) in [7, 11) is 0. The molecule has 1 aromatic carbocycles. The van der Waals surface area contributed by atoms with E-state index in [0.717, 1.165) is 18.7 Å². The second-order valence-electron chi connectivity index (χ2n) is 8.65. The lowest BCUT2D eigenvalue weighted by molar-refractivity contribution is -0.600. The Kier molecular flexibility index (Phi) is 12.7. The average Bonchev–Trinajstić information content (AvgIpc) is 2.82. The molecule has 0 saturated heterocycles. The van der Waals surface area contributed by atoms with E-state index >= 15 is 0 Å². The first-order valence-electron chi connectivity index (χ1n) is 12.4. The van der Waals surface area contributed by atoms with Crippen LogP contribution in [-0.4, -0.2) is 4.98 Å². The van der Waals surface area contributed by atoms with Crippen LogP contribution in [0, 0.1) is 0 Å². The van der Waals surface area contributed by atoms with Crippen molar-refractivity contribution in [3.8, 4) is 5.82 Å². The summed E-state index contributed by atoms with van der Waals surface area (Å²) in [5.41, 5.74) is 4.17. The second-order valence-corrected chi connectivity index (χ2v) is 8.65. The van der Waals surface area contributed by atoms with Crippen LogP contribution in [0.2, 0.25) is 0 Å². The van der Waals surface area contributed by atoms with E-state index in [2.05, 4.69) is 78.5 Å². The summed E-state index contributed by atoms with van der Waals surface area (Å²) in [4.78, 5) is 4.78. The Morgan fingerprint density at radius 1 is 0.688 bits per heavy atom. The molecule has 0 bridgehead atoms. The van der Waals surface area contributed by atoms with E-state index in [1.807, 2.05) is 6.20 Å². The normalized spacial score (nSPS) is 10.7. The standard InChI is InChI=1S/C29H39N2.ClH/c1-2-3-4-5-6-7-8-9-10-15-20-28-27(25-26-18-13-11-14-19-26)21-22-30-29(28)31-23-16-12-17-24-31;/h11-14,16-19,21-24H,2-10,15,20,25H2,1H3;1H/q+1;/p-1. The third-order valence-electron chi connectivity index (χ3n) is 6.11. The number of unbranched alkanes of at least 4 members (excludes halogenated alkanes) is 9. The van der Waals surface area contributed by atoms with Gasteiger partial charge in [0, 0.05) is 5.56 Å². The van der Waals surface area contributed by atoms with E-state index in [0.29, 0.717) is 0 Å². The summed E-state index contributed by atoms with van der Waals surface area (Å²) < 4.78 is 2.17. The molecule has 0 atom stereocenters. The van der Waals surface area contributed by atoms with Crippen LogP contribution in [0.3, 0.4) is 0 Å². The lowest BCUT2D eigenvalue weighted by atomic mass is 9.96. The van der Waals surface area contributed by atoms with Gasteiger partial charge in [0.05, 0.1) is 12.4 Å². The van der Waals surface area contributed by atoms with Crippen molar-refractivity contribution in [2.75, 3.05) is 0 Å². The van der Waals surface area contributed by atoms with E-state index in [1.54, 1.807) is 0 Å². The number of nitrogens with zero attached hydrogens (tertiary/aromatic N) is 2. The summed E-state index contributed by atoms with van der Waals surface area (Å²) in [5.74, 6) is 1.09. The van der Waals surface area contributed by atoms with Gasteiger partial charge >= 0.3 is 5.82 Å². The number of benzene rings is 1. The SMILES string of the molecule is CCCCCCCCCCCCc1c(Cc2ccccc2)ccnc1-[n+]1ccccc1.[Cl-]. The largest absolute Gasteiger partial charge is 1.00 e. The fraction of sp³-hybridized carbons (Fsp3) is 0.448. The van der Waals surface area contributed by atoms with Gasteiger partial charge in [-0.3, -0.25) is 0 Å². The van der Waals surface area contributed by atoms with Crippen LogP contribution >= 0.6 is 0 Å². The number of aromatic nitrogens is 2. The van der Waals surface area contributed by atoms with E-state index in [-0.39, 0.29) is 12.4 Å². The molecule has 0 amide bonds. The van der Waals surface area contributed by atoms with Crippen molar-refractivity contribution in [1.29, 1.82) is 0 Å². The molecule has 3 aromatic rings. The van der Waals surface area contributed by atoms with Gasteiger partial charge in [0.15, 0.2) is 0 Å². The highest BCUT2D eigenvalue weighted by Gasteiger charge is 2.18. The lowest BCUT2D eigenvalue weighted by Crippen LogP contribution is -3.00. The van der Waals surface area contributed by atoms with Crippen LogP contribution in [0.5, 0.6) is 0 Å². The van der Waals surface area contributed by atoms with Gasteiger partial charge in [-0.25, -0.2) is 4.57 Å². The molecule has 0 N–H and O–H groups in total. The van der Waals surface area contributed by atoms with Crippen molar-refractivity contribution < 1.29 is 17.0 Å². The van der Waals surface area contributed by atoms with Crippen LogP contribution in [0.1, 0.15) is 87.8 Å². The first-order valence-corrected chi connectivity index (χ1v) is 12.4. The molecule has 172 valence electrons. The van der Waals surface area contributed by atoms with Gasteiger partial charge < -0.3 is 12.4 Å². The Morgan fingerprint density at radius 2 is 1.28 bits per heavy atom. The first-order chi connectivity index (χ1) is 15.4. The maximum Gasteiger partial charge on any atom is 0.330 e. The molecule has 3 heteroatoms. The van der Waals surface area contributed by atoms with Gasteiger partial charge in [-0.15, -0.1) is 0 Å². The van der Waals surface area contributed by atoms with Gasteiger partial charge in [0.1, 0.15) is 6.20 Å². The zero-order valence-electron chi connectivity index (χ0n) is 19.7. The Bertz CT molecular complexity index is 865. The molecular weight excluding hydrogens is 412 g/mol. The van der Waals surface area contributed by atoms with Crippen LogP contribution in [-0.2, 0) is 12.8 Å². The predicted molar refractivity (Wildman–Crippen MR) is 131 cm³/mol. The number of hydrogen-bond acceptors (Lipinski definition) is 1. The Hall–Kier alpha value is -2.19. The average molecular weight is 451 g/mol. The van der Waals surface area contributed by atoms with E-state index < -0.39 is 0 Å². The smallest absolute Gasteiger partial charge is 0.330 e. The van der Waals surface area contributed by atoms with E-state index in [4.69, 9.17) is 4.98 Å². The van der Waals surface area contributed by atoms with Gasteiger partial charge in [0.2, 0.25) is 0 Å². The van der Waals surface area contributed by atoms with Crippen molar-refractivity contribution in [2.24, 2.45) is 0 Å². The lowest BCUT2D eigenvalue weighted by Gasteiger charge is -2.11. The zero-order valence-corrected chi connectivity index (χ0v) is 20.4. The molecule has 0 aliphatic carbocycles. The third-order valence-corrected chi connectivity index (χ3v) is 6.11. The monoisotopic (exact) mass is 450 g/mol. The third kappa shape index (κ3) is 8.74. The minimum atomic E-state index is 0. The number of rotatable bonds is 14. The molecular formula is C29H39ClN2. The molecule has 0 radical (unpaired) electrons. The number of halogens is 1. The van der Waals surface area contributed by atoms with E-state index in [1.165, 1.54) is 80.9 Å². The molecule has 2 aromatic heterocycles. The Labute approximate surface area is 201 Å². The molecule has 2 nitrogen and oxygen atoms in total. The van der Waals surface area contributed by atoms with Gasteiger partial charge in [0.25, 0.3) is 0 Å². The number of hydrogen-bond donors (Lipinski definition) is 0. The van der Waals surface area contributed by atoms with Crippen molar-refractivity contribution >= 4 is 0 Å². The molecule has 0 aliphatic heterocycles. The summed E-state index contributed by atoms with van der Waals surface area (Å²) in [6.07, 6.45) is 21.9. The molecule has 0 saturated carbocycles. The maximum absolute atomic E-state index is 4.78. The minimum Gasteiger partial charge on any atom is -1.00 e. The first kappa shape index (κ1) is 26.1. The molecule has 0 spiro atoms. The zero-order chi connectivity index (χ0) is 21.6. The molecule has 2 heterocycles. The molecule has 0 fully saturated rings. The van der Waals surface area contributed by atoms with Gasteiger partial charge in [-0.1, -0.05) is 101 Å². The molecule has 32 heavy (non-hydrogen) atoms. The molecule has 0 unspecified atom stereocenters. The highest BCUT2D eigenvalue weighted by molar-refractivity contribution is 5.38. The van der Waals surface area contributed by atoms with Crippen molar-refractivity contribution in [3.05, 3.63) is 89.9 Å². The fourth-order valence-corrected chi connectivity index (χ4v) is 4.33.